The summed E-state index contributed by atoms with van der Waals surface area (Å²) < 4.78 is 1.62. The number of nitrogens with zero attached hydrogens (tertiary/aromatic N) is 3. The number of hydrogen-bond donors (Lipinski definition) is 0. The van der Waals surface area contributed by atoms with Gasteiger partial charge in [-0.15, -0.1) is 11.3 Å². The van der Waals surface area contributed by atoms with E-state index in [1.165, 1.54) is 17.4 Å². The highest BCUT2D eigenvalue weighted by atomic mass is 35.5. The van der Waals surface area contributed by atoms with Crippen molar-refractivity contribution in [3.05, 3.63) is 44.0 Å². The first-order chi connectivity index (χ1) is 7.70. The van der Waals surface area contributed by atoms with E-state index in [1.54, 1.807) is 16.3 Å². The van der Waals surface area contributed by atoms with E-state index in [-0.39, 0.29) is 10.7 Å². The van der Waals surface area contributed by atoms with Gasteiger partial charge in [0.15, 0.2) is 0 Å². The van der Waals surface area contributed by atoms with E-state index in [2.05, 4.69) is 9.97 Å². The summed E-state index contributed by atoms with van der Waals surface area (Å²) in [6.07, 6.45) is 2.43. The van der Waals surface area contributed by atoms with Gasteiger partial charge in [0, 0.05) is 23.6 Å². The molecule has 0 aliphatic rings. The molecule has 2 rings (SSSR count). The third-order valence-corrected chi connectivity index (χ3v) is 3.13. The second-order valence-corrected chi connectivity index (χ2v) is 4.60. The molecule has 2 aromatic rings. The minimum atomic E-state index is -0.120. The molecule has 2 heterocycles. The smallest absolute Gasteiger partial charge is 0.255 e. The zero-order valence-corrected chi connectivity index (χ0v) is 10.3. The summed E-state index contributed by atoms with van der Waals surface area (Å²) in [5.41, 5.74) is 1.63. The molecule has 2 aromatic heterocycles. The molecule has 0 atom stereocenters. The lowest BCUT2D eigenvalue weighted by atomic mass is 10.4. The van der Waals surface area contributed by atoms with Crippen molar-refractivity contribution in [2.45, 2.75) is 19.9 Å². The maximum atomic E-state index is 11.8. The van der Waals surface area contributed by atoms with E-state index in [1.807, 2.05) is 6.92 Å². The van der Waals surface area contributed by atoms with Gasteiger partial charge in [0.25, 0.3) is 5.56 Å². The van der Waals surface area contributed by atoms with Crippen molar-refractivity contribution in [3.8, 4) is 0 Å². The molecule has 4 nitrogen and oxygen atoms in total. The van der Waals surface area contributed by atoms with Crippen molar-refractivity contribution in [2.75, 3.05) is 0 Å². The predicted molar refractivity (Wildman–Crippen MR) is 64.1 cm³/mol. The van der Waals surface area contributed by atoms with Crippen LogP contribution >= 0.6 is 22.9 Å². The molecule has 84 valence electrons. The molecule has 0 aliphatic carbocycles. The van der Waals surface area contributed by atoms with E-state index >= 15 is 0 Å². The van der Waals surface area contributed by atoms with E-state index in [0.29, 0.717) is 18.8 Å². The standard InChI is InChI=1S/C10H10ClN3OS/c1-2-9-13-8(11)3-10(15)14(9)5-7-4-12-6-16-7/h3-4,6H,2,5H2,1H3. The molecule has 0 spiro atoms. The van der Waals surface area contributed by atoms with Crippen LogP contribution in [0.4, 0.5) is 0 Å². The number of aromatic nitrogens is 3. The highest BCUT2D eigenvalue weighted by molar-refractivity contribution is 7.09. The summed E-state index contributed by atoms with van der Waals surface area (Å²) >= 11 is 7.27. The van der Waals surface area contributed by atoms with E-state index in [4.69, 9.17) is 11.6 Å². The van der Waals surface area contributed by atoms with Crippen molar-refractivity contribution < 1.29 is 0 Å². The second kappa shape index (κ2) is 4.76. The van der Waals surface area contributed by atoms with Crippen LogP contribution in [0.1, 0.15) is 17.6 Å². The second-order valence-electron chi connectivity index (χ2n) is 3.24. The fourth-order valence-corrected chi connectivity index (χ4v) is 2.21. The Morgan fingerprint density at radius 3 is 3.00 bits per heavy atom. The molecule has 0 N–H and O–H groups in total. The third kappa shape index (κ3) is 2.31. The van der Waals surface area contributed by atoms with Gasteiger partial charge in [0.2, 0.25) is 0 Å². The quantitative estimate of drug-likeness (QED) is 0.788. The Morgan fingerprint density at radius 2 is 2.38 bits per heavy atom. The molecule has 0 amide bonds. The first kappa shape index (κ1) is 11.3. The molecule has 0 unspecified atom stereocenters. The van der Waals surface area contributed by atoms with Crippen LogP contribution in [0.2, 0.25) is 5.15 Å². The number of halogens is 1. The molecule has 0 aromatic carbocycles. The molecule has 16 heavy (non-hydrogen) atoms. The largest absolute Gasteiger partial charge is 0.291 e. The first-order valence-corrected chi connectivity index (χ1v) is 6.10. The van der Waals surface area contributed by atoms with Gasteiger partial charge in [-0.1, -0.05) is 18.5 Å². The Hall–Kier alpha value is -1.20. The SMILES string of the molecule is CCc1nc(Cl)cc(=O)n1Cc1cncs1. The summed E-state index contributed by atoms with van der Waals surface area (Å²) in [7, 11) is 0. The van der Waals surface area contributed by atoms with Gasteiger partial charge in [-0.2, -0.15) is 0 Å². The number of hydrogen-bond acceptors (Lipinski definition) is 4. The molecular weight excluding hydrogens is 246 g/mol. The average molecular weight is 256 g/mol. The summed E-state index contributed by atoms with van der Waals surface area (Å²) in [5.74, 6) is 0.700. The summed E-state index contributed by atoms with van der Waals surface area (Å²) in [6.45, 7) is 2.46. The molecule has 0 bridgehead atoms. The van der Waals surface area contributed by atoms with Gasteiger partial charge in [-0.25, -0.2) is 4.98 Å². The topological polar surface area (TPSA) is 47.8 Å². The normalized spacial score (nSPS) is 10.6. The molecule has 0 saturated carbocycles. The van der Waals surface area contributed by atoms with Crippen molar-refractivity contribution >= 4 is 22.9 Å². The lowest BCUT2D eigenvalue weighted by molar-refractivity contribution is 0.680. The number of thiazole rings is 1. The lowest BCUT2D eigenvalue weighted by Crippen LogP contribution is -2.24. The van der Waals surface area contributed by atoms with Crippen molar-refractivity contribution in [3.63, 3.8) is 0 Å². The van der Waals surface area contributed by atoms with Crippen LogP contribution in [0.3, 0.4) is 0 Å². The van der Waals surface area contributed by atoms with Crippen molar-refractivity contribution in [1.29, 1.82) is 0 Å². The molecular formula is C10H10ClN3OS. The van der Waals surface area contributed by atoms with Crippen LogP contribution < -0.4 is 5.56 Å². The molecule has 0 fully saturated rings. The summed E-state index contributed by atoms with van der Waals surface area (Å²) in [6, 6.07) is 1.34. The Balaban J connectivity index is 2.43. The lowest BCUT2D eigenvalue weighted by Gasteiger charge is -2.08. The van der Waals surface area contributed by atoms with Crippen LogP contribution in [0.5, 0.6) is 0 Å². The molecule has 0 aliphatic heterocycles. The van der Waals surface area contributed by atoms with Crippen molar-refractivity contribution in [1.82, 2.24) is 14.5 Å². The predicted octanol–water partition coefficient (Wildman–Crippen LogP) is 1.96. The zero-order valence-electron chi connectivity index (χ0n) is 8.68. The van der Waals surface area contributed by atoms with Gasteiger partial charge >= 0.3 is 0 Å². The van der Waals surface area contributed by atoms with Crippen LogP contribution in [0.25, 0.3) is 0 Å². The highest BCUT2D eigenvalue weighted by Crippen LogP contribution is 2.09. The van der Waals surface area contributed by atoms with Gasteiger partial charge in [-0.3, -0.25) is 14.3 Å². The molecule has 0 radical (unpaired) electrons. The zero-order chi connectivity index (χ0) is 11.5. The van der Waals surface area contributed by atoms with E-state index < -0.39 is 0 Å². The Kier molecular flexibility index (Phi) is 3.36. The van der Waals surface area contributed by atoms with Crippen LogP contribution in [0, 0.1) is 0 Å². The Labute approximate surface area is 102 Å². The Morgan fingerprint density at radius 1 is 1.56 bits per heavy atom. The minimum Gasteiger partial charge on any atom is -0.291 e. The summed E-state index contributed by atoms with van der Waals surface area (Å²) in [4.78, 5) is 20.9. The maximum absolute atomic E-state index is 11.8. The number of rotatable bonds is 3. The minimum absolute atomic E-state index is 0.120. The molecule has 0 saturated heterocycles. The van der Waals surface area contributed by atoms with E-state index in [0.717, 1.165) is 4.88 Å². The van der Waals surface area contributed by atoms with Crippen molar-refractivity contribution in [2.24, 2.45) is 0 Å². The van der Waals surface area contributed by atoms with Crippen LogP contribution in [0.15, 0.2) is 22.6 Å². The Bertz CT molecular complexity index is 535. The number of aryl methyl sites for hydroxylation is 1. The van der Waals surface area contributed by atoms with Gasteiger partial charge < -0.3 is 0 Å². The average Bonchev–Trinajstić information content (AvgIpc) is 2.74. The maximum Gasteiger partial charge on any atom is 0.255 e. The highest BCUT2D eigenvalue weighted by Gasteiger charge is 2.07. The monoisotopic (exact) mass is 255 g/mol. The van der Waals surface area contributed by atoms with Gasteiger partial charge in [0.05, 0.1) is 12.1 Å². The van der Waals surface area contributed by atoms with Gasteiger partial charge in [-0.05, 0) is 0 Å². The first-order valence-electron chi connectivity index (χ1n) is 4.84. The van der Waals surface area contributed by atoms with Crippen LogP contribution in [-0.4, -0.2) is 14.5 Å². The van der Waals surface area contributed by atoms with E-state index in [9.17, 15) is 4.79 Å². The van der Waals surface area contributed by atoms with Crippen LogP contribution in [-0.2, 0) is 13.0 Å². The third-order valence-electron chi connectivity index (χ3n) is 2.17. The fourth-order valence-electron chi connectivity index (χ4n) is 1.44. The fraction of sp³-hybridized carbons (Fsp3) is 0.300. The summed E-state index contributed by atoms with van der Waals surface area (Å²) in [5, 5.41) is 0.252. The molecule has 6 heteroatoms. The van der Waals surface area contributed by atoms with Gasteiger partial charge in [0.1, 0.15) is 11.0 Å².